The van der Waals surface area contributed by atoms with Crippen LogP contribution < -0.4 is 11.1 Å². The van der Waals surface area contributed by atoms with Crippen LogP contribution in [0.25, 0.3) is 0 Å². The van der Waals surface area contributed by atoms with Crippen molar-refractivity contribution >= 4 is 28.2 Å². The van der Waals surface area contributed by atoms with Crippen molar-refractivity contribution in [3.63, 3.8) is 0 Å². The van der Waals surface area contributed by atoms with E-state index in [-0.39, 0.29) is 11.8 Å². The maximum absolute atomic E-state index is 12.7. The number of anilines is 1. The molecule has 1 aliphatic carbocycles. The lowest BCUT2D eigenvalue weighted by molar-refractivity contribution is -0.117. The normalized spacial score (nSPS) is 14.3. The number of carbonyl (C=O) groups is 2. The molecule has 4 nitrogen and oxygen atoms in total. The molecule has 2 aromatic rings. The average Bonchev–Trinajstić information content (AvgIpc) is 3.09. The maximum atomic E-state index is 12.7. The zero-order chi connectivity index (χ0) is 16.4. The molecule has 0 fully saturated rings. The molecule has 3 rings (SSSR count). The highest BCUT2D eigenvalue weighted by molar-refractivity contribution is 7.17. The molecule has 0 unspecified atom stereocenters. The molecule has 1 aliphatic rings. The number of hydrogen-bond acceptors (Lipinski definition) is 3. The maximum Gasteiger partial charge on any atom is 0.251 e. The monoisotopic (exact) mass is 328 g/mol. The fourth-order valence-corrected chi connectivity index (χ4v) is 4.51. The van der Waals surface area contributed by atoms with E-state index in [1.165, 1.54) is 16.2 Å². The van der Waals surface area contributed by atoms with E-state index >= 15 is 0 Å². The van der Waals surface area contributed by atoms with Gasteiger partial charge in [0.1, 0.15) is 5.00 Å². The van der Waals surface area contributed by atoms with E-state index in [9.17, 15) is 9.59 Å². The van der Waals surface area contributed by atoms with Crippen LogP contribution in [0.2, 0.25) is 0 Å². The van der Waals surface area contributed by atoms with Gasteiger partial charge in [-0.05, 0) is 36.8 Å². The molecular weight excluding hydrogens is 308 g/mol. The highest BCUT2D eigenvalue weighted by Crippen LogP contribution is 2.39. The largest absolute Gasteiger partial charge is 0.365 e. The number of thiophene rings is 1. The molecule has 1 heterocycles. The molecule has 0 radical (unpaired) electrons. The Kier molecular flexibility index (Phi) is 4.48. The quantitative estimate of drug-likeness (QED) is 0.882. The molecule has 2 amide bonds. The van der Waals surface area contributed by atoms with Crippen LogP contribution in [0, 0.1) is 0 Å². The number of fused-ring (bicyclic) bond motifs is 1. The van der Waals surface area contributed by atoms with Gasteiger partial charge in [0.25, 0.3) is 5.91 Å². The molecule has 1 atom stereocenters. The van der Waals surface area contributed by atoms with Gasteiger partial charge in [-0.15, -0.1) is 11.3 Å². The second-order valence-electron chi connectivity index (χ2n) is 5.79. The fourth-order valence-electron chi connectivity index (χ4n) is 3.21. The van der Waals surface area contributed by atoms with E-state index in [2.05, 4.69) is 5.32 Å². The van der Waals surface area contributed by atoms with E-state index in [4.69, 9.17) is 5.73 Å². The van der Waals surface area contributed by atoms with Crippen molar-refractivity contribution < 1.29 is 9.59 Å². The van der Waals surface area contributed by atoms with Crippen LogP contribution in [-0.4, -0.2) is 11.8 Å². The first-order chi connectivity index (χ1) is 11.1. The molecule has 0 saturated heterocycles. The van der Waals surface area contributed by atoms with Gasteiger partial charge < -0.3 is 11.1 Å². The summed E-state index contributed by atoms with van der Waals surface area (Å²) in [5, 5.41) is 3.56. The van der Waals surface area contributed by atoms with E-state index < -0.39 is 5.91 Å². The van der Waals surface area contributed by atoms with Gasteiger partial charge in [-0.2, -0.15) is 0 Å². The lowest BCUT2D eigenvalue weighted by Crippen LogP contribution is -2.22. The lowest BCUT2D eigenvalue weighted by atomic mass is 9.95. The van der Waals surface area contributed by atoms with Gasteiger partial charge >= 0.3 is 0 Å². The van der Waals surface area contributed by atoms with Crippen LogP contribution >= 0.6 is 11.3 Å². The van der Waals surface area contributed by atoms with Crippen molar-refractivity contribution in [1.29, 1.82) is 0 Å². The standard InChI is InChI=1S/C18H20N2O2S/c1-2-12(11-7-4-3-5-8-11)17(22)20-18-15(16(19)21)13-9-6-10-14(13)23-18/h3-5,7-8,12H,2,6,9-10H2,1H3,(H2,19,21)(H,20,22)/t12-/m0/s1. The first kappa shape index (κ1) is 15.7. The molecule has 0 spiro atoms. The minimum atomic E-state index is -0.451. The summed E-state index contributed by atoms with van der Waals surface area (Å²) in [6, 6.07) is 9.71. The molecule has 3 N–H and O–H groups in total. The van der Waals surface area contributed by atoms with E-state index in [1.807, 2.05) is 37.3 Å². The van der Waals surface area contributed by atoms with Crippen LogP contribution in [-0.2, 0) is 17.6 Å². The van der Waals surface area contributed by atoms with Crippen molar-refractivity contribution in [3.8, 4) is 0 Å². The zero-order valence-corrected chi connectivity index (χ0v) is 13.9. The topological polar surface area (TPSA) is 72.2 Å². The highest BCUT2D eigenvalue weighted by Gasteiger charge is 2.27. The van der Waals surface area contributed by atoms with Gasteiger partial charge in [0.2, 0.25) is 5.91 Å². The van der Waals surface area contributed by atoms with Crippen molar-refractivity contribution in [2.24, 2.45) is 5.73 Å². The van der Waals surface area contributed by atoms with Gasteiger partial charge in [-0.1, -0.05) is 37.3 Å². The fraction of sp³-hybridized carbons (Fsp3) is 0.333. The Bertz CT molecular complexity index is 737. The number of hydrogen-bond donors (Lipinski definition) is 2. The van der Waals surface area contributed by atoms with Crippen molar-refractivity contribution in [3.05, 3.63) is 51.9 Å². The Morgan fingerprint density at radius 1 is 1.26 bits per heavy atom. The Labute approximate surface area is 139 Å². The third-order valence-corrected chi connectivity index (χ3v) is 5.54. The summed E-state index contributed by atoms with van der Waals surface area (Å²) in [6.45, 7) is 1.99. The number of carbonyl (C=O) groups excluding carboxylic acids is 2. The number of nitrogens with two attached hydrogens (primary N) is 1. The number of aryl methyl sites for hydroxylation is 1. The van der Waals surface area contributed by atoms with Crippen molar-refractivity contribution in [2.45, 2.75) is 38.5 Å². The molecule has 1 aromatic heterocycles. The average molecular weight is 328 g/mol. The van der Waals surface area contributed by atoms with Crippen molar-refractivity contribution in [2.75, 3.05) is 5.32 Å². The first-order valence-electron chi connectivity index (χ1n) is 7.92. The summed E-state index contributed by atoms with van der Waals surface area (Å²) in [5.74, 6) is -0.762. The number of primary amides is 1. The van der Waals surface area contributed by atoms with Gasteiger partial charge in [0.05, 0.1) is 11.5 Å². The van der Waals surface area contributed by atoms with Gasteiger partial charge in [-0.3, -0.25) is 9.59 Å². The van der Waals surface area contributed by atoms with Gasteiger partial charge in [0, 0.05) is 4.88 Å². The van der Waals surface area contributed by atoms with E-state index in [1.54, 1.807) is 0 Å². The van der Waals surface area contributed by atoms with E-state index in [0.717, 1.165) is 30.4 Å². The van der Waals surface area contributed by atoms with Crippen LogP contribution in [0.4, 0.5) is 5.00 Å². The Balaban J connectivity index is 1.87. The SMILES string of the molecule is CC[C@H](C(=O)Nc1sc2c(c1C(N)=O)CCC2)c1ccccc1. The molecule has 1 aromatic carbocycles. The second kappa shape index (κ2) is 6.54. The summed E-state index contributed by atoms with van der Waals surface area (Å²) in [6.07, 6.45) is 3.59. The Morgan fingerprint density at radius 3 is 2.65 bits per heavy atom. The molecule has 0 aliphatic heterocycles. The van der Waals surface area contributed by atoms with Crippen LogP contribution in [0.5, 0.6) is 0 Å². The summed E-state index contributed by atoms with van der Waals surface area (Å²) in [5.41, 5.74) is 8.07. The summed E-state index contributed by atoms with van der Waals surface area (Å²) >= 11 is 1.50. The summed E-state index contributed by atoms with van der Waals surface area (Å²) < 4.78 is 0. The smallest absolute Gasteiger partial charge is 0.251 e. The highest BCUT2D eigenvalue weighted by atomic mass is 32.1. The van der Waals surface area contributed by atoms with Gasteiger partial charge in [0.15, 0.2) is 0 Å². The van der Waals surface area contributed by atoms with Gasteiger partial charge in [-0.25, -0.2) is 0 Å². The summed E-state index contributed by atoms with van der Waals surface area (Å²) in [4.78, 5) is 25.7. The zero-order valence-electron chi connectivity index (χ0n) is 13.1. The van der Waals surface area contributed by atoms with Crippen molar-refractivity contribution in [1.82, 2.24) is 0 Å². The Morgan fingerprint density at radius 2 is 2.00 bits per heavy atom. The van der Waals surface area contributed by atoms with Crippen LogP contribution in [0.15, 0.2) is 30.3 Å². The minimum absolute atomic E-state index is 0.0823. The van der Waals surface area contributed by atoms with Crippen LogP contribution in [0.1, 0.15) is 52.0 Å². The number of rotatable bonds is 5. The Hall–Kier alpha value is -2.14. The summed E-state index contributed by atoms with van der Waals surface area (Å²) in [7, 11) is 0. The predicted molar refractivity (Wildman–Crippen MR) is 93.0 cm³/mol. The second-order valence-corrected chi connectivity index (χ2v) is 6.89. The number of amides is 2. The third kappa shape index (κ3) is 3.01. The molecular formula is C18H20N2O2S. The first-order valence-corrected chi connectivity index (χ1v) is 8.73. The van der Waals surface area contributed by atoms with Crippen LogP contribution in [0.3, 0.4) is 0 Å². The minimum Gasteiger partial charge on any atom is -0.365 e. The molecule has 0 bridgehead atoms. The molecule has 0 saturated carbocycles. The number of nitrogens with one attached hydrogen (secondary N) is 1. The molecule has 120 valence electrons. The predicted octanol–water partition coefficient (Wildman–Crippen LogP) is 3.47. The molecule has 5 heteroatoms. The molecule has 23 heavy (non-hydrogen) atoms. The lowest BCUT2D eigenvalue weighted by Gasteiger charge is -2.15. The third-order valence-electron chi connectivity index (χ3n) is 4.33. The van der Waals surface area contributed by atoms with E-state index in [0.29, 0.717) is 17.0 Å². The number of benzene rings is 1.